The predicted molar refractivity (Wildman–Crippen MR) is 111 cm³/mol. The van der Waals surface area contributed by atoms with E-state index >= 15 is 0 Å². The van der Waals surface area contributed by atoms with Crippen molar-refractivity contribution in [1.82, 2.24) is 0 Å². The summed E-state index contributed by atoms with van der Waals surface area (Å²) in [5.41, 5.74) is 0.377. The molecule has 4 nitrogen and oxygen atoms in total. The molecule has 0 saturated heterocycles. The van der Waals surface area contributed by atoms with E-state index < -0.39 is 0 Å². The van der Waals surface area contributed by atoms with Crippen LogP contribution in [0.3, 0.4) is 0 Å². The Morgan fingerprint density at radius 2 is 1.79 bits per heavy atom. The van der Waals surface area contributed by atoms with E-state index in [1.54, 1.807) is 0 Å². The Morgan fingerprint density at radius 1 is 1.07 bits per heavy atom. The summed E-state index contributed by atoms with van der Waals surface area (Å²) >= 11 is 0. The molecule has 8 atom stereocenters. The number of ketones is 2. The van der Waals surface area contributed by atoms with E-state index in [1.165, 1.54) is 20.0 Å². The molecular formula is C25H38O4. The minimum atomic E-state index is -0.117. The molecule has 29 heavy (non-hydrogen) atoms. The molecule has 4 heteroatoms. The van der Waals surface area contributed by atoms with Crippen LogP contribution in [0.5, 0.6) is 0 Å². The van der Waals surface area contributed by atoms with E-state index in [1.807, 2.05) is 0 Å². The Balaban J connectivity index is 1.54. The minimum absolute atomic E-state index is 0.117. The minimum Gasteiger partial charge on any atom is -0.469 e. The first-order valence-electron chi connectivity index (χ1n) is 11.8. The number of fused-ring (bicyclic) bond motifs is 5. The van der Waals surface area contributed by atoms with Crippen LogP contribution >= 0.6 is 0 Å². The van der Waals surface area contributed by atoms with Gasteiger partial charge in [-0.25, -0.2) is 0 Å². The van der Waals surface area contributed by atoms with Crippen molar-refractivity contribution in [2.75, 3.05) is 7.11 Å². The number of esters is 1. The smallest absolute Gasteiger partial charge is 0.305 e. The summed E-state index contributed by atoms with van der Waals surface area (Å²) < 4.78 is 4.84. The van der Waals surface area contributed by atoms with Gasteiger partial charge in [-0.05, 0) is 78.9 Å². The lowest BCUT2D eigenvalue weighted by Gasteiger charge is -2.59. The van der Waals surface area contributed by atoms with Crippen LogP contribution in [-0.2, 0) is 19.1 Å². The Hall–Kier alpha value is -1.19. The van der Waals surface area contributed by atoms with Crippen LogP contribution in [0.1, 0.15) is 85.0 Å². The van der Waals surface area contributed by atoms with Crippen LogP contribution in [0.2, 0.25) is 0 Å². The number of Topliss-reactive ketones (excluding diaryl/α,β-unsaturated/α-hetero) is 2. The van der Waals surface area contributed by atoms with Crippen molar-refractivity contribution in [1.29, 1.82) is 0 Å². The van der Waals surface area contributed by atoms with Crippen molar-refractivity contribution in [3.63, 3.8) is 0 Å². The lowest BCUT2D eigenvalue weighted by molar-refractivity contribution is -0.159. The number of carbonyl (C=O) groups is 3. The topological polar surface area (TPSA) is 60.4 Å². The third-order valence-corrected chi connectivity index (χ3v) is 10.1. The summed E-state index contributed by atoms with van der Waals surface area (Å²) in [6.45, 7) is 7.12. The number of rotatable bonds is 4. The summed E-state index contributed by atoms with van der Waals surface area (Å²) in [6, 6.07) is 0. The fourth-order valence-electron chi connectivity index (χ4n) is 8.35. The van der Waals surface area contributed by atoms with Crippen LogP contribution in [0, 0.1) is 46.3 Å². The van der Waals surface area contributed by atoms with E-state index in [0.29, 0.717) is 60.9 Å². The average Bonchev–Trinajstić information content (AvgIpc) is 3.04. The predicted octanol–water partition coefficient (Wildman–Crippen LogP) is 4.98. The highest BCUT2D eigenvalue weighted by Gasteiger charge is 2.63. The summed E-state index contributed by atoms with van der Waals surface area (Å²) in [5, 5.41) is 0. The van der Waals surface area contributed by atoms with Gasteiger partial charge in [0, 0.05) is 31.6 Å². The van der Waals surface area contributed by atoms with E-state index in [9.17, 15) is 14.4 Å². The van der Waals surface area contributed by atoms with Crippen LogP contribution in [0.4, 0.5) is 0 Å². The highest BCUT2D eigenvalue weighted by atomic mass is 16.5. The van der Waals surface area contributed by atoms with Gasteiger partial charge in [-0.1, -0.05) is 20.8 Å². The van der Waals surface area contributed by atoms with Gasteiger partial charge in [-0.3, -0.25) is 14.4 Å². The second-order valence-corrected chi connectivity index (χ2v) is 11.2. The molecule has 4 unspecified atom stereocenters. The second kappa shape index (κ2) is 7.50. The van der Waals surface area contributed by atoms with Gasteiger partial charge in [0.05, 0.1) is 7.11 Å². The van der Waals surface area contributed by atoms with Gasteiger partial charge in [0.1, 0.15) is 11.6 Å². The fraction of sp³-hybridized carbons (Fsp3) is 0.880. The molecule has 0 N–H and O–H groups in total. The van der Waals surface area contributed by atoms with Crippen molar-refractivity contribution in [3.8, 4) is 0 Å². The van der Waals surface area contributed by atoms with Crippen LogP contribution < -0.4 is 0 Å². The van der Waals surface area contributed by atoms with Crippen molar-refractivity contribution in [2.45, 2.75) is 85.0 Å². The van der Waals surface area contributed by atoms with Crippen LogP contribution in [0.25, 0.3) is 0 Å². The molecule has 4 saturated carbocycles. The van der Waals surface area contributed by atoms with Crippen LogP contribution in [0.15, 0.2) is 0 Å². The van der Waals surface area contributed by atoms with Gasteiger partial charge < -0.3 is 4.74 Å². The number of hydrogen-bond donors (Lipinski definition) is 0. The quantitative estimate of drug-likeness (QED) is 0.622. The zero-order valence-electron chi connectivity index (χ0n) is 18.7. The van der Waals surface area contributed by atoms with Crippen molar-refractivity contribution >= 4 is 17.5 Å². The molecule has 162 valence electrons. The first-order chi connectivity index (χ1) is 13.7. The lowest BCUT2D eigenvalue weighted by atomic mass is 9.44. The van der Waals surface area contributed by atoms with E-state index in [4.69, 9.17) is 4.74 Å². The Bertz CT molecular complexity index is 699. The van der Waals surface area contributed by atoms with Gasteiger partial charge >= 0.3 is 5.97 Å². The first kappa shape index (κ1) is 21.1. The zero-order chi connectivity index (χ0) is 21.0. The molecule has 0 aromatic rings. The lowest BCUT2D eigenvalue weighted by Crippen LogP contribution is -2.57. The maximum atomic E-state index is 13.4. The normalized spacial score (nSPS) is 45.2. The number of ether oxygens (including phenoxy) is 1. The van der Waals surface area contributed by atoms with Gasteiger partial charge in [0.25, 0.3) is 0 Å². The third-order valence-electron chi connectivity index (χ3n) is 10.1. The number of carbonyl (C=O) groups excluding carboxylic acids is 3. The Kier molecular flexibility index (Phi) is 5.44. The molecule has 0 aromatic heterocycles. The van der Waals surface area contributed by atoms with Gasteiger partial charge in [-0.2, -0.15) is 0 Å². The summed E-state index contributed by atoms with van der Waals surface area (Å²) in [7, 11) is 1.46. The third kappa shape index (κ3) is 3.29. The van der Waals surface area contributed by atoms with Gasteiger partial charge in [0.2, 0.25) is 0 Å². The van der Waals surface area contributed by atoms with Crippen LogP contribution in [-0.4, -0.2) is 24.6 Å². The molecule has 0 aliphatic heterocycles. The summed E-state index contributed by atoms with van der Waals surface area (Å²) in [6.07, 6.45) is 8.96. The standard InChI is InChI=1S/C25H38O4/c1-15(5-8-22(28)29-4)18-6-7-19-23-20(10-12-25(18,19)3)24(2)11-9-17(26)13-16(24)14-21(23)27/h15-16,18-20,23H,5-14H2,1-4H3/t15?,16-,18+,19?,20?,23?,24-,25+/m0/s1. The summed E-state index contributed by atoms with van der Waals surface area (Å²) in [4.78, 5) is 37.1. The molecule has 4 fully saturated rings. The zero-order valence-corrected chi connectivity index (χ0v) is 18.7. The Labute approximate surface area is 175 Å². The first-order valence-corrected chi connectivity index (χ1v) is 11.8. The van der Waals surface area contributed by atoms with Gasteiger partial charge in [0.15, 0.2) is 0 Å². The van der Waals surface area contributed by atoms with E-state index in [2.05, 4.69) is 20.8 Å². The molecule has 4 rings (SSSR count). The highest BCUT2D eigenvalue weighted by molar-refractivity contribution is 5.86. The molecular weight excluding hydrogens is 364 g/mol. The Morgan fingerprint density at radius 3 is 2.52 bits per heavy atom. The van der Waals surface area contributed by atoms with E-state index in [-0.39, 0.29) is 28.6 Å². The maximum absolute atomic E-state index is 13.4. The molecule has 0 spiro atoms. The molecule has 0 amide bonds. The number of methoxy groups -OCH3 is 1. The monoisotopic (exact) mass is 402 g/mol. The SMILES string of the molecule is COC(=O)CCC(C)[C@H]1CCC2C3C(=O)C[C@@H]4CC(=O)CC[C@]4(C)C3CC[C@@]21C. The molecule has 0 heterocycles. The summed E-state index contributed by atoms with van der Waals surface area (Å²) in [5.74, 6) is 3.18. The molecule has 4 aliphatic rings. The number of hydrogen-bond acceptors (Lipinski definition) is 4. The molecule has 0 bridgehead atoms. The molecule has 0 radical (unpaired) electrons. The molecule has 0 aromatic carbocycles. The average molecular weight is 403 g/mol. The van der Waals surface area contributed by atoms with Crippen molar-refractivity contribution in [2.24, 2.45) is 46.3 Å². The highest BCUT2D eigenvalue weighted by Crippen LogP contribution is 2.67. The fourth-order valence-corrected chi connectivity index (χ4v) is 8.35. The largest absolute Gasteiger partial charge is 0.469 e. The maximum Gasteiger partial charge on any atom is 0.305 e. The van der Waals surface area contributed by atoms with Crippen molar-refractivity contribution < 1.29 is 19.1 Å². The van der Waals surface area contributed by atoms with Gasteiger partial charge in [-0.15, -0.1) is 0 Å². The van der Waals surface area contributed by atoms with Crippen molar-refractivity contribution in [3.05, 3.63) is 0 Å². The molecule has 4 aliphatic carbocycles. The second-order valence-electron chi connectivity index (χ2n) is 11.2. The van der Waals surface area contributed by atoms with E-state index in [0.717, 1.165) is 25.7 Å².